The zero-order valence-corrected chi connectivity index (χ0v) is 21.7. The maximum Gasteiger partial charge on any atom is 0.264 e. The predicted octanol–water partition coefficient (Wildman–Crippen LogP) is 4.08. The van der Waals surface area contributed by atoms with Crippen molar-refractivity contribution in [2.45, 2.75) is 24.3 Å². The van der Waals surface area contributed by atoms with Gasteiger partial charge in [0.15, 0.2) is 5.78 Å². The van der Waals surface area contributed by atoms with Crippen LogP contribution in [-0.2, 0) is 16.6 Å². The van der Waals surface area contributed by atoms with Crippen molar-refractivity contribution in [3.05, 3.63) is 89.7 Å². The lowest BCUT2D eigenvalue weighted by atomic mass is 9.89. The number of carbonyl (C=O) groups excluding carboxylic acids is 1. The molecule has 4 rings (SSSR count). The summed E-state index contributed by atoms with van der Waals surface area (Å²) < 4.78 is 47.6. The van der Waals surface area contributed by atoms with E-state index in [0.717, 1.165) is 5.56 Å². The molecule has 0 radical (unpaired) electrons. The fourth-order valence-corrected chi connectivity index (χ4v) is 6.10. The quantitative estimate of drug-likeness (QED) is 0.401. The Balaban J connectivity index is 1.48. The summed E-state index contributed by atoms with van der Waals surface area (Å²) in [5.74, 6) is 0.000119. The number of para-hydroxylation sites is 2. The average molecular weight is 526 g/mol. The van der Waals surface area contributed by atoms with Gasteiger partial charge in [-0.15, -0.1) is 0 Å². The van der Waals surface area contributed by atoms with Crippen LogP contribution in [0.1, 0.15) is 28.8 Å². The molecule has 3 aromatic carbocycles. The van der Waals surface area contributed by atoms with Gasteiger partial charge < -0.3 is 15.4 Å². The first kappa shape index (κ1) is 26.8. The Morgan fingerprint density at radius 3 is 2.30 bits per heavy atom. The molecule has 0 unspecified atom stereocenters. The van der Waals surface area contributed by atoms with Crippen molar-refractivity contribution in [3.63, 3.8) is 0 Å². The lowest BCUT2D eigenvalue weighted by Crippen LogP contribution is -2.43. The number of hydrogen-bond donors (Lipinski definition) is 1. The normalized spacial score (nSPS) is 14.9. The van der Waals surface area contributed by atoms with Crippen molar-refractivity contribution < 1.29 is 22.3 Å². The second kappa shape index (κ2) is 11.9. The van der Waals surface area contributed by atoms with E-state index in [1.807, 2.05) is 0 Å². The highest BCUT2D eigenvalue weighted by atomic mass is 32.2. The van der Waals surface area contributed by atoms with E-state index >= 15 is 0 Å². The van der Waals surface area contributed by atoms with E-state index in [1.165, 1.54) is 35.7 Å². The molecule has 1 fully saturated rings. The zero-order chi connectivity index (χ0) is 26.4. The van der Waals surface area contributed by atoms with Crippen molar-refractivity contribution in [2.75, 3.05) is 37.6 Å². The molecule has 0 atom stereocenters. The van der Waals surface area contributed by atoms with Gasteiger partial charge in [-0.2, -0.15) is 0 Å². The van der Waals surface area contributed by atoms with E-state index < -0.39 is 10.0 Å². The number of anilines is 1. The minimum Gasteiger partial charge on any atom is -0.495 e. The highest BCUT2D eigenvalue weighted by molar-refractivity contribution is 7.92. The molecule has 7 nitrogen and oxygen atoms in total. The van der Waals surface area contributed by atoms with Crippen LogP contribution in [0, 0.1) is 11.7 Å². The summed E-state index contributed by atoms with van der Waals surface area (Å²) in [6.07, 6.45) is 1.33. The number of halogens is 1. The molecule has 9 heteroatoms. The number of rotatable bonds is 10. The summed E-state index contributed by atoms with van der Waals surface area (Å²) in [4.78, 5) is 15.2. The molecule has 0 spiro atoms. The molecule has 196 valence electrons. The standard InChI is InChI=1S/C28H32FN3O4S/c1-36-27-5-3-2-4-26(27)32(37(34,35)25-12-6-21(20-30)7-13-25)19-18-31-16-14-23(15-17-31)28(33)22-8-10-24(29)11-9-22/h2-13,23H,14-20,30H2,1H3. The van der Waals surface area contributed by atoms with Gasteiger partial charge in [-0.1, -0.05) is 24.3 Å². The summed E-state index contributed by atoms with van der Waals surface area (Å²) in [5, 5.41) is 0. The Morgan fingerprint density at radius 2 is 1.68 bits per heavy atom. The van der Waals surface area contributed by atoms with E-state index in [9.17, 15) is 17.6 Å². The number of nitrogens with two attached hydrogens (primary N) is 1. The lowest BCUT2D eigenvalue weighted by molar-refractivity contribution is 0.0843. The largest absolute Gasteiger partial charge is 0.495 e. The molecule has 1 heterocycles. The number of methoxy groups -OCH3 is 1. The minimum absolute atomic E-state index is 0.0267. The molecule has 0 amide bonds. The SMILES string of the molecule is COc1ccccc1N(CCN1CCC(C(=O)c2ccc(F)cc2)CC1)S(=O)(=O)c1ccc(CN)cc1. The van der Waals surface area contributed by atoms with Gasteiger partial charge in [-0.3, -0.25) is 9.10 Å². The Kier molecular flexibility index (Phi) is 8.58. The van der Waals surface area contributed by atoms with Gasteiger partial charge in [0, 0.05) is 31.1 Å². The van der Waals surface area contributed by atoms with Gasteiger partial charge in [-0.25, -0.2) is 12.8 Å². The highest BCUT2D eigenvalue weighted by Gasteiger charge is 2.30. The van der Waals surface area contributed by atoms with Crippen LogP contribution in [0.3, 0.4) is 0 Å². The van der Waals surface area contributed by atoms with E-state index in [1.54, 1.807) is 48.5 Å². The van der Waals surface area contributed by atoms with Crippen LogP contribution in [0.4, 0.5) is 10.1 Å². The smallest absolute Gasteiger partial charge is 0.264 e. The third kappa shape index (κ3) is 6.18. The first-order valence-electron chi connectivity index (χ1n) is 12.3. The van der Waals surface area contributed by atoms with Gasteiger partial charge in [0.2, 0.25) is 0 Å². The third-order valence-corrected chi connectivity index (χ3v) is 8.63. The van der Waals surface area contributed by atoms with Crippen molar-refractivity contribution in [1.29, 1.82) is 0 Å². The van der Waals surface area contributed by atoms with Crippen LogP contribution >= 0.6 is 0 Å². The molecular formula is C28H32FN3O4S. The highest BCUT2D eigenvalue weighted by Crippen LogP contribution is 2.32. The molecule has 1 aliphatic heterocycles. The van der Waals surface area contributed by atoms with Crippen LogP contribution in [0.5, 0.6) is 5.75 Å². The van der Waals surface area contributed by atoms with Gasteiger partial charge >= 0.3 is 0 Å². The van der Waals surface area contributed by atoms with Crippen molar-refractivity contribution >= 4 is 21.5 Å². The van der Waals surface area contributed by atoms with E-state index in [2.05, 4.69) is 4.90 Å². The maximum absolute atomic E-state index is 13.7. The molecule has 2 N–H and O–H groups in total. The summed E-state index contributed by atoms with van der Waals surface area (Å²) in [5.41, 5.74) is 7.51. The number of ketones is 1. The second-order valence-corrected chi connectivity index (χ2v) is 10.9. The second-order valence-electron chi connectivity index (χ2n) is 9.08. The van der Waals surface area contributed by atoms with Gasteiger partial charge in [-0.05, 0) is 80.0 Å². The third-order valence-electron chi connectivity index (χ3n) is 6.81. The molecule has 1 saturated heterocycles. The first-order chi connectivity index (χ1) is 17.8. The van der Waals surface area contributed by atoms with Gasteiger partial charge in [0.25, 0.3) is 10.0 Å². The Bertz CT molecular complexity index is 1310. The Labute approximate surface area is 217 Å². The summed E-state index contributed by atoms with van der Waals surface area (Å²) >= 11 is 0. The van der Waals surface area contributed by atoms with E-state index in [0.29, 0.717) is 56.0 Å². The van der Waals surface area contributed by atoms with Crippen molar-refractivity contribution in [2.24, 2.45) is 11.7 Å². The molecule has 0 saturated carbocycles. The lowest BCUT2D eigenvalue weighted by Gasteiger charge is -2.33. The monoisotopic (exact) mass is 525 g/mol. The predicted molar refractivity (Wildman–Crippen MR) is 142 cm³/mol. The van der Waals surface area contributed by atoms with Crippen LogP contribution in [0.25, 0.3) is 0 Å². The van der Waals surface area contributed by atoms with Crippen molar-refractivity contribution in [1.82, 2.24) is 4.90 Å². The topological polar surface area (TPSA) is 92.9 Å². The fraction of sp³-hybridized carbons (Fsp3) is 0.321. The van der Waals surface area contributed by atoms with Crippen molar-refractivity contribution in [3.8, 4) is 5.75 Å². The molecule has 3 aromatic rings. The zero-order valence-electron chi connectivity index (χ0n) is 20.8. The number of nitrogens with zero attached hydrogens (tertiary/aromatic N) is 2. The summed E-state index contributed by atoms with van der Waals surface area (Å²) in [6, 6.07) is 19.3. The minimum atomic E-state index is -3.88. The van der Waals surface area contributed by atoms with E-state index in [-0.39, 0.29) is 29.0 Å². The number of hydrogen-bond acceptors (Lipinski definition) is 6. The van der Waals surface area contributed by atoms with Crippen LogP contribution < -0.4 is 14.8 Å². The Morgan fingerprint density at radius 1 is 1.03 bits per heavy atom. The first-order valence-corrected chi connectivity index (χ1v) is 13.7. The number of likely N-dealkylation sites (tertiary alicyclic amines) is 1. The molecular weight excluding hydrogens is 493 g/mol. The number of ether oxygens (including phenoxy) is 1. The number of sulfonamides is 1. The molecule has 0 bridgehead atoms. The molecule has 0 aromatic heterocycles. The van der Waals surface area contributed by atoms with Crippen LogP contribution in [-0.4, -0.2) is 52.4 Å². The molecule has 37 heavy (non-hydrogen) atoms. The number of piperidine rings is 1. The number of Topliss-reactive ketones (excluding diaryl/α,β-unsaturated/α-hetero) is 1. The number of benzene rings is 3. The van der Waals surface area contributed by atoms with Gasteiger partial charge in [0.05, 0.1) is 17.7 Å². The average Bonchev–Trinajstić information content (AvgIpc) is 2.93. The fourth-order valence-electron chi connectivity index (χ4n) is 4.63. The summed E-state index contributed by atoms with van der Waals surface area (Å²) in [7, 11) is -2.36. The summed E-state index contributed by atoms with van der Waals surface area (Å²) in [6.45, 7) is 2.38. The Hall–Kier alpha value is -3.27. The number of carbonyl (C=O) groups is 1. The van der Waals surface area contributed by atoms with Crippen LogP contribution in [0.2, 0.25) is 0 Å². The van der Waals surface area contributed by atoms with E-state index in [4.69, 9.17) is 10.5 Å². The molecule has 1 aliphatic rings. The maximum atomic E-state index is 13.7. The molecule has 0 aliphatic carbocycles. The van der Waals surface area contributed by atoms with Gasteiger partial charge in [0.1, 0.15) is 11.6 Å². The van der Waals surface area contributed by atoms with Crippen LogP contribution in [0.15, 0.2) is 77.7 Å².